The SMILES string of the molecule is CCNC(=NCC(O)c1ccco1)N1CCC(OCC2CCCO2)CC1. The monoisotopic (exact) mass is 365 g/mol. The molecule has 7 nitrogen and oxygen atoms in total. The Kier molecular flexibility index (Phi) is 7.34. The Hall–Kier alpha value is -1.57. The van der Waals surface area contributed by atoms with Gasteiger partial charge in [-0.3, -0.25) is 0 Å². The smallest absolute Gasteiger partial charge is 0.194 e. The van der Waals surface area contributed by atoms with Crippen molar-refractivity contribution in [3.05, 3.63) is 24.2 Å². The number of nitrogens with one attached hydrogen (secondary N) is 1. The van der Waals surface area contributed by atoms with E-state index in [1.165, 1.54) is 0 Å². The normalized spacial score (nSPS) is 23.4. The molecule has 0 aliphatic carbocycles. The molecule has 0 amide bonds. The number of rotatable bonds is 7. The summed E-state index contributed by atoms with van der Waals surface area (Å²) in [6, 6.07) is 3.54. The van der Waals surface area contributed by atoms with Crippen LogP contribution < -0.4 is 5.32 Å². The van der Waals surface area contributed by atoms with Crippen molar-refractivity contribution in [1.29, 1.82) is 0 Å². The Morgan fingerprint density at radius 3 is 2.92 bits per heavy atom. The lowest BCUT2D eigenvalue weighted by atomic mass is 10.1. The van der Waals surface area contributed by atoms with E-state index in [4.69, 9.17) is 13.9 Å². The topological polar surface area (TPSA) is 79.5 Å². The van der Waals surface area contributed by atoms with Gasteiger partial charge in [-0.05, 0) is 44.7 Å². The first-order valence-corrected chi connectivity index (χ1v) is 9.74. The highest BCUT2D eigenvalue weighted by Crippen LogP contribution is 2.18. The van der Waals surface area contributed by atoms with Gasteiger partial charge in [-0.15, -0.1) is 0 Å². The molecule has 0 radical (unpaired) electrons. The zero-order chi connectivity index (χ0) is 18.2. The molecule has 2 fully saturated rings. The van der Waals surface area contributed by atoms with Gasteiger partial charge in [0.1, 0.15) is 11.9 Å². The van der Waals surface area contributed by atoms with E-state index in [9.17, 15) is 5.11 Å². The van der Waals surface area contributed by atoms with Gasteiger partial charge in [-0.1, -0.05) is 0 Å². The Morgan fingerprint density at radius 2 is 2.27 bits per heavy atom. The number of hydrogen-bond acceptors (Lipinski definition) is 5. The number of aliphatic hydroxyl groups is 1. The summed E-state index contributed by atoms with van der Waals surface area (Å²) >= 11 is 0. The first-order valence-electron chi connectivity index (χ1n) is 9.74. The van der Waals surface area contributed by atoms with Crippen LogP contribution in [-0.2, 0) is 9.47 Å². The average Bonchev–Trinajstić information content (AvgIpc) is 3.37. The predicted octanol–water partition coefficient (Wildman–Crippen LogP) is 1.94. The Balaban J connectivity index is 1.45. The van der Waals surface area contributed by atoms with Crippen molar-refractivity contribution in [2.24, 2.45) is 4.99 Å². The third-order valence-corrected chi connectivity index (χ3v) is 4.90. The summed E-state index contributed by atoms with van der Waals surface area (Å²) in [5.74, 6) is 1.39. The zero-order valence-electron chi connectivity index (χ0n) is 15.6. The van der Waals surface area contributed by atoms with Crippen molar-refractivity contribution in [3.63, 3.8) is 0 Å². The highest BCUT2D eigenvalue weighted by atomic mass is 16.5. The van der Waals surface area contributed by atoms with Crippen molar-refractivity contribution in [1.82, 2.24) is 10.2 Å². The molecule has 0 bridgehead atoms. The van der Waals surface area contributed by atoms with Gasteiger partial charge in [0.15, 0.2) is 5.96 Å². The average molecular weight is 365 g/mol. The number of furan rings is 1. The van der Waals surface area contributed by atoms with Crippen molar-refractivity contribution in [2.75, 3.05) is 39.4 Å². The molecule has 2 unspecified atom stereocenters. The van der Waals surface area contributed by atoms with Gasteiger partial charge in [0.2, 0.25) is 0 Å². The molecule has 2 N–H and O–H groups in total. The van der Waals surface area contributed by atoms with Crippen molar-refractivity contribution in [3.8, 4) is 0 Å². The molecule has 3 heterocycles. The van der Waals surface area contributed by atoms with Crippen molar-refractivity contribution < 1.29 is 19.0 Å². The van der Waals surface area contributed by atoms with E-state index in [0.717, 1.165) is 57.9 Å². The minimum atomic E-state index is -0.717. The van der Waals surface area contributed by atoms with Crippen molar-refractivity contribution >= 4 is 5.96 Å². The van der Waals surface area contributed by atoms with E-state index < -0.39 is 6.10 Å². The molecule has 0 aromatic carbocycles. The quantitative estimate of drug-likeness (QED) is 0.568. The predicted molar refractivity (Wildman–Crippen MR) is 99.2 cm³/mol. The van der Waals surface area contributed by atoms with Gasteiger partial charge in [0.25, 0.3) is 0 Å². The lowest BCUT2D eigenvalue weighted by molar-refractivity contribution is -0.0367. The van der Waals surface area contributed by atoms with E-state index in [0.29, 0.717) is 18.5 Å². The number of guanidine groups is 1. The maximum absolute atomic E-state index is 10.2. The minimum absolute atomic E-state index is 0.283. The minimum Gasteiger partial charge on any atom is -0.467 e. The summed E-state index contributed by atoms with van der Waals surface area (Å²) in [6.07, 6.45) is 5.67. The second-order valence-electron chi connectivity index (χ2n) is 6.88. The Bertz CT molecular complexity index is 535. The first-order chi connectivity index (χ1) is 12.8. The maximum Gasteiger partial charge on any atom is 0.194 e. The van der Waals surface area contributed by atoms with Gasteiger partial charge in [-0.25, -0.2) is 4.99 Å². The second-order valence-corrected chi connectivity index (χ2v) is 6.88. The van der Waals surface area contributed by atoms with E-state index >= 15 is 0 Å². The number of ether oxygens (including phenoxy) is 2. The third-order valence-electron chi connectivity index (χ3n) is 4.90. The lowest BCUT2D eigenvalue weighted by Gasteiger charge is -2.34. The fourth-order valence-electron chi connectivity index (χ4n) is 3.42. The summed E-state index contributed by atoms with van der Waals surface area (Å²) < 4.78 is 16.9. The first kappa shape index (κ1) is 19.2. The number of likely N-dealkylation sites (tertiary alicyclic amines) is 1. The summed E-state index contributed by atoms with van der Waals surface area (Å²) in [5, 5.41) is 13.5. The zero-order valence-corrected chi connectivity index (χ0v) is 15.6. The van der Waals surface area contributed by atoms with Crippen molar-refractivity contribution in [2.45, 2.75) is 50.9 Å². The van der Waals surface area contributed by atoms with E-state index in [-0.39, 0.29) is 12.6 Å². The van der Waals surface area contributed by atoms with E-state index in [1.807, 2.05) is 0 Å². The molecule has 1 aromatic heterocycles. The van der Waals surface area contributed by atoms with Crippen LogP contribution >= 0.6 is 0 Å². The van der Waals surface area contributed by atoms with Crippen LogP contribution in [0.25, 0.3) is 0 Å². The largest absolute Gasteiger partial charge is 0.467 e. The summed E-state index contributed by atoms with van der Waals surface area (Å²) in [5.41, 5.74) is 0. The highest BCUT2D eigenvalue weighted by molar-refractivity contribution is 5.80. The molecule has 0 spiro atoms. The van der Waals surface area contributed by atoms with Crippen LogP contribution in [0.2, 0.25) is 0 Å². The van der Waals surface area contributed by atoms with Gasteiger partial charge >= 0.3 is 0 Å². The number of hydrogen-bond donors (Lipinski definition) is 2. The van der Waals surface area contributed by atoms with Crippen LogP contribution in [0.1, 0.15) is 44.5 Å². The molecule has 2 aliphatic heterocycles. The fourth-order valence-corrected chi connectivity index (χ4v) is 3.42. The molecular weight excluding hydrogens is 334 g/mol. The summed E-state index contributed by atoms with van der Waals surface area (Å²) in [6.45, 7) is 6.52. The molecule has 0 saturated carbocycles. The van der Waals surface area contributed by atoms with Gasteiger partial charge in [-0.2, -0.15) is 0 Å². The number of piperidine rings is 1. The summed E-state index contributed by atoms with van der Waals surface area (Å²) in [4.78, 5) is 6.83. The third kappa shape index (κ3) is 5.46. The van der Waals surface area contributed by atoms with Crippen LogP contribution in [0, 0.1) is 0 Å². The molecule has 2 aliphatic rings. The van der Waals surface area contributed by atoms with E-state index in [2.05, 4.69) is 22.1 Å². The van der Waals surface area contributed by atoms with Crippen LogP contribution in [0.5, 0.6) is 0 Å². The molecule has 146 valence electrons. The van der Waals surface area contributed by atoms with Crippen LogP contribution in [0.3, 0.4) is 0 Å². The van der Waals surface area contributed by atoms with Gasteiger partial charge in [0.05, 0.1) is 31.6 Å². The molecule has 1 aromatic rings. The Labute approximate surface area is 155 Å². The Morgan fingerprint density at radius 1 is 1.42 bits per heavy atom. The van der Waals surface area contributed by atoms with Gasteiger partial charge in [0, 0.05) is 26.2 Å². The standard InChI is InChI=1S/C19H31N3O4/c1-2-20-19(21-13-17(23)18-6-4-12-25-18)22-9-7-15(8-10-22)26-14-16-5-3-11-24-16/h4,6,12,15-17,23H,2-3,5,7-11,13-14H2,1H3,(H,20,21). The van der Waals surface area contributed by atoms with E-state index in [1.54, 1.807) is 18.4 Å². The van der Waals surface area contributed by atoms with Crippen LogP contribution in [0.4, 0.5) is 0 Å². The number of nitrogens with zero attached hydrogens (tertiary/aromatic N) is 2. The number of aliphatic imine (C=N–C) groups is 1. The van der Waals surface area contributed by atoms with Gasteiger partial charge < -0.3 is 29.2 Å². The second kappa shape index (κ2) is 9.94. The fraction of sp³-hybridized carbons (Fsp3) is 0.737. The maximum atomic E-state index is 10.2. The highest BCUT2D eigenvalue weighted by Gasteiger charge is 2.24. The molecule has 3 rings (SSSR count). The molecule has 2 saturated heterocycles. The summed E-state index contributed by atoms with van der Waals surface area (Å²) in [7, 11) is 0. The number of aliphatic hydroxyl groups excluding tert-OH is 1. The van der Waals surface area contributed by atoms with Crippen LogP contribution in [0.15, 0.2) is 27.8 Å². The molecular formula is C19H31N3O4. The molecule has 2 atom stereocenters. The molecule has 26 heavy (non-hydrogen) atoms. The van der Waals surface area contributed by atoms with Crippen LogP contribution in [-0.4, -0.2) is 67.6 Å². The molecule has 7 heteroatoms. The lowest BCUT2D eigenvalue weighted by Crippen LogP contribution is -2.47.